The number of nitriles is 1. The number of alkyl halides is 1. The van der Waals surface area contributed by atoms with E-state index < -0.39 is 11.6 Å². The number of hydrogen-bond acceptors (Lipinski definition) is 4. The number of likely N-dealkylation sites (tertiary alicyclic amines) is 1. The van der Waals surface area contributed by atoms with E-state index in [2.05, 4.69) is 23.3 Å². The van der Waals surface area contributed by atoms with Gasteiger partial charge in [-0.1, -0.05) is 36.4 Å². The van der Waals surface area contributed by atoms with E-state index in [1.54, 1.807) is 4.90 Å². The molecule has 0 bridgehead atoms. The maximum absolute atomic E-state index is 15.2. The second-order valence-electron chi connectivity index (χ2n) is 8.20. The molecule has 1 saturated heterocycles. The van der Waals surface area contributed by atoms with E-state index in [0.29, 0.717) is 19.5 Å². The zero-order valence-electron chi connectivity index (χ0n) is 17.0. The van der Waals surface area contributed by atoms with Crippen molar-refractivity contribution in [3.05, 3.63) is 72.1 Å². The van der Waals surface area contributed by atoms with Crippen molar-refractivity contribution in [2.75, 3.05) is 24.5 Å². The molecule has 0 aliphatic carbocycles. The number of nitrogens with zero attached hydrogens (tertiary/aromatic N) is 5. The number of carbonyl (C=O) groups is 1. The minimum absolute atomic E-state index is 0.0594. The lowest BCUT2D eigenvalue weighted by atomic mass is 10.0. The van der Waals surface area contributed by atoms with Gasteiger partial charge in [-0.05, 0) is 35.2 Å². The molecular formula is C24H22FN5O. The van der Waals surface area contributed by atoms with E-state index in [-0.39, 0.29) is 19.5 Å². The maximum Gasteiger partial charge on any atom is 0.266 e. The fraction of sp³-hybridized carbons (Fsp3) is 0.292. The van der Waals surface area contributed by atoms with Gasteiger partial charge in [-0.3, -0.25) is 9.48 Å². The molecule has 7 heteroatoms. The first-order valence-electron chi connectivity index (χ1n) is 10.4. The van der Waals surface area contributed by atoms with E-state index in [1.165, 1.54) is 10.5 Å². The molecule has 1 fully saturated rings. The molecule has 2 aromatic carbocycles. The average molecular weight is 415 g/mol. The van der Waals surface area contributed by atoms with E-state index in [0.717, 1.165) is 22.4 Å². The lowest BCUT2D eigenvalue weighted by molar-refractivity contribution is -0.129. The van der Waals surface area contributed by atoms with E-state index in [4.69, 9.17) is 5.26 Å². The number of benzene rings is 2. The summed E-state index contributed by atoms with van der Waals surface area (Å²) in [4.78, 5) is 15.8. The number of halogens is 1. The van der Waals surface area contributed by atoms with Crippen LogP contribution in [0.2, 0.25) is 0 Å². The Kier molecular flexibility index (Phi) is 4.70. The molecule has 3 heterocycles. The van der Waals surface area contributed by atoms with Crippen LogP contribution in [-0.2, 0) is 17.8 Å². The molecule has 0 radical (unpaired) electrons. The van der Waals surface area contributed by atoms with Gasteiger partial charge in [0.05, 0.1) is 19.3 Å². The van der Waals surface area contributed by atoms with Gasteiger partial charge in [-0.2, -0.15) is 10.4 Å². The van der Waals surface area contributed by atoms with Gasteiger partial charge in [0.1, 0.15) is 0 Å². The molecule has 156 valence electrons. The number of aromatic nitrogens is 2. The minimum atomic E-state index is -1.99. The van der Waals surface area contributed by atoms with Crippen molar-refractivity contribution in [1.29, 1.82) is 5.26 Å². The van der Waals surface area contributed by atoms with Gasteiger partial charge in [0, 0.05) is 37.0 Å². The molecule has 0 spiro atoms. The lowest BCUT2D eigenvalue weighted by Crippen LogP contribution is -2.47. The molecule has 1 amide bonds. The van der Waals surface area contributed by atoms with Gasteiger partial charge in [0.2, 0.25) is 5.67 Å². The molecular weight excluding hydrogens is 393 g/mol. The Hall–Kier alpha value is -3.66. The van der Waals surface area contributed by atoms with Crippen LogP contribution in [0, 0.1) is 11.5 Å². The summed E-state index contributed by atoms with van der Waals surface area (Å²) in [5.41, 5.74) is 3.01. The Morgan fingerprint density at radius 2 is 2.00 bits per heavy atom. The Bertz CT molecular complexity index is 1170. The quantitative estimate of drug-likeness (QED) is 0.613. The van der Waals surface area contributed by atoms with Crippen LogP contribution in [0.15, 0.2) is 60.9 Å². The highest BCUT2D eigenvalue weighted by Crippen LogP contribution is 2.36. The normalized spacial score (nSPS) is 20.0. The highest BCUT2D eigenvalue weighted by molar-refractivity contribution is 6.01. The number of anilines is 1. The van der Waals surface area contributed by atoms with Crippen LogP contribution in [0.3, 0.4) is 0 Å². The van der Waals surface area contributed by atoms with Crippen LogP contribution in [0.25, 0.3) is 11.1 Å². The van der Waals surface area contributed by atoms with Crippen molar-refractivity contribution in [3.8, 4) is 17.3 Å². The zero-order chi connectivity index (χ0) is 21.4. The fourth-order valence-corrected chi connectivity index (χ4v) is 4.44. The molecule has 3 aromatic rings. The van der Waals surface area contributed by atoms with Gasteiger partial charge in [0.15, 0.2) is 6.19 Å². The Morgan fingerprint density at radius 1 is 1.16 bits per heavy atom. The molecule has 1 aromatic heterocycles. The molecule has 0 saturated carbocycles. The van der Waals surface area contributed by atoms with E-state index >= 15 is 4.39 Å². The zero-order valence-corrected chi connectivity index (χ0v) is 17.0. The van der Waals surface area contributed by atoms with Crippen molar-refractivity contribution in [3.63, 3.8) is 0 Å². The third-order valence-corrected chi connectivity index (χ3v) is 6.12. The molecule has 2 aliphatic heterocycles. The van der Waals surface area contributed by atoms with Gasteiger partial charge in [-0.15, -0.1) is 0 Å². The summed E-state index contributed by atoms with van der Waals surface area (Å²) in [6, 6.07) is 16.1. The van der Waals surface area contributed by atoms with Gasteiger partial charge in [-0.25, -0.2) is 4.39 Å². The molecule has 0 N–H and O–H groups in total. The van der Waals surface area contributed by atoms with E-state index in [9.17, 15) is 4.79 Å². The average Bonchev–Trinajstić information content (AvgIpc) is 3.52. The predicted octanol–water partition coefficient (Wildman–Crippen LogP) is 3.38. The first kappa shape index (κ1) is 19.3. The summed E-state index contributed by atoms with van der Waals surface area (Å²) in [5, 5.41) is 13.5. The number of hydrogen-bond donors (Lipinski definition) is 0. The second-order valence-corrected chi connectivity index (χ2v) is 8.20. The predicted molar refractivity (Wildman–Crippen MR) is 115 cm³/mol. The third kappa shape index (κ3) is 3.55. The van der Waals surface area contributed by atoms with Crippen LogP contribution in [0.4, 0.5) is 10.1 Å². The molecule has 6 nitrogen and oxygen atoms in total. The largest absolute Gasteiger partial charge is 0.309 e. The number of rotatable bonds is 4. The topological polar surface area (TPSA) is 65.2 Å². The molecule has 1 unspecified atom stereocenters. The number of amides is 1. The standard InChI is InChI=1S/C24H22FN5O/c25-24(9-11-28(16-24)17-26)23(31)30-10-8-20-12-19(6-7-22(20)30)21-13-27-29(15-21)14-18-4-2-1-3-5-18/h1-7,12-13,15H,8-11,14,16H2. The monoisotopic (exact) mass is 415 g/mol. The van der Waals surface area contributed by atoms with Crippen LogP contribution >= 0.6 is 0 Å². The Balaban J connectivity index is 1.34. The number of fused-ring (bicyclic) bond motifs is 1. The molecule has 1 atom stereocenters. The maximum atomic E-state index is 15.2. The summed E-state index contributed by atoms with van der Waals surface area (Å²) < 4.78 is 17.1. The number of carbonyl (C=O) groups excluding carboxylic acids is 1. The van der Waals surface area contributed by atoms with Gasteiger partial charge < -0.3 is 9.80 Å². The summed E-state index contributed by atoms with van der Waals surface area (Å²) >= 11 is 0. The van der Waals surface area contributed by atoms with Gasteiger partial charge in [0.25, 0.3) is 5.91 Å². The summed E-state index contributed by atoms with van der Waals surface area (Å²) in [5.74, 6) is -0.535. The SMILES string of the molecule is N#CN1CCC(F)(C(=O)N2CCc3cc(-c4cnn(Cc5ccccc5)c4)ccc32)C1. The second kappa shape index (κ2) is 7.55. The van der Waals surface area contributed by atoms with Crippen molar-refractivity contribution in [1.82, 2.24) is 14.7 Å². The fourth-order valence-electron chi connectivity index (χ4n) is 4.44. The van der Waals surface area contributed by atoms with Gasteiger partial charge >= 0.3 is 0 Å². The Morgan fingerprint density at radius 3 is 2.77 bits per heavy atom. The lowest BCUT2D eigenvalue weighted by Gasteiger charge is -2.25. The highest BCUT2D eigenvalue weighted by Gasteiger charge is 2.48. The van der Waals surface area contributed by atoms with Crippen LogP contribution in [0.1, 0.15) is 17.5 Å². The van der Waals surface area contributed by atoms with Crippen molar-refractivity contribution < 1.29 is 9.18 Å². The van der Waals surface area contributed by atoms with Crippen LogP contribution in [0.5, 0.6) is 0 Å². The molecule has 5 rings (SSSR count). The first-order chi connectivity index (χ1) is 15.1. The van der Waals surface area contributed by atoms with Crippen LogP contribution < -0.4 is 4.90 Å². The van der Waals surface area contributed by atoms with Crippen LogP contribution in [-0.4, -0.2) is 45.9 Å². The molecule has 2 aliphatic rings. The van der Waals surface area contributed by atoms with E-state index in [1.807, 2.05) is 53.6 Å². The van der Waals surface area contributed by atoms with Crippen molar-refractivity contribution >= 4 is 11.6 Å². The minimum Gasteiger partial charge on any atom is -0.309 e. The van der Waals surface area contributed by atoms with Crippen molar-refractivity contribution in [2.45, 2.75) is 25.1 Å². The summed E-state index contributed by atoms with van der Waals surface area (Å²) in [6.07, 6.45) is 6.54. The Labute approximate surface area is 180 Å². The van der Waals surface area contributed by atoms with Crippen molar-refractivity contribution in [2.24, 2.45) is 0 Å². The first-order valence-corrected chi connectivity index (χ1v) is 10.4. The summed E-state index contributed by atoms with van der Waals surface area (Å²) in [6.45, 7) is 1.29. The molecule has 31 heavy (non-hydrogen) atoms. The smallest absolute Gasteiger partial charge is 0.266 e. The highest BCUT2D eigenvalue weighted by atomic mass is 19.1. The summed E-state index contributed by atoms with van der Waals surface area (Å²) in [7, 11) is 0. The third-order valence-electron chi connectivity index (χ3n) is 6.12.